The fourth-order valence-electron chi connectivity index (χ4n) is 3.71. The monoisotopic (exact) mass is 466 g/mol. The second-order valence-corrected chi connectivity index (χ2v) is 7.73. The van der Waals surface area contributed by atoms with Crippen molar-refractivity contribution in [2.75, 3.05) is 49.2 Å². The molecule has 4 N–H and O–H groups in total. The highest BCUT2D eigenvalue weighted by atomic mass is 19.4. The predicted octanol–water partition coefficient (Wildman–Crippen LogP) is 1.47. The average Bonchev–Trinajstić information content (AvgIpc) is 3.08. The molecule has 0 amide bonds. The Bertz CT molecular complexity index is 998. The molecule has 4 heterocycles. The highest BCUT2D eigenvalue weighted by Crippen LogP contribution is 2.36. The van der Waals surface area contributed by atoms with Crippen LogP contribution in [0.3, 0.4) is 0 Å². The minimum absolute atomic E-state index is 0.158. The van der Waals surface area contributed by atoms with Gasteiger partial charge in [-0.05, 0) is 12.8 Å². The first-order chi connectivity index (χ1) is 15.8. The zero-order valence-corrected chi connectivity index (χ0v) is 17.9. The third-order valence-electron chi connectivity index (χ3n) is 5.31. The molecular formula is C19H25F3N10O. The fraction of sp³-hybridized carbons (Fsp3) is 0.579. The number of nitrogens with zero attached hydrogens (tertiary/aromatic N) is 8. The first-order valence-corrected chi connectivity index (χ1v) is 10.7. The molecule has 0 spiro atoms. The number of morpholine rings is 1. The molecule has 0 radical (unpaired) electrons. The van der Waals surface area contributed by atoms with Gasteiger partial charge in [-0.2, -0.15) is 33.1 Å². The van der Waals surface area contributed by atoms with Crippen LogP contribution in [0.1, 0.15) is 31.4 Å². The van der Waals surface area contributed by atoms with Crippen LogP contribution in [-0.2, 0) is 10.9 Å². The lowest BCUT2D eigenvalue weighted by Gasteiger charge is -2.28. The van der Waals surface area contributed by atoms with Crippen molar-refractivity contribution in [3.8, 4) is 11.4 Å². The van der Waals surface area contributed by atoms with E-state index in [-0.39, 0.29) is 11.4 Å². The van der Waals surface area contributed by atoms with E-state index in [0.717, 1.165) is 45.0 Å². The number of halogens is 3. The topological polar surface area (TPSA) is 145 Å². The van der Waals surface area contributed by atoms with Gasteiger partial charge in [0, 0.05) is 32.4 Å². The van der Waals surface area contributed by atoms with Crippen molar-refractivity contribution in [3.63, 3.8) is 0 Å². The zero-order chi connectivity index (χ0) is 23.4. The molecule has 0 aliphatic carbocycles. The fourth-order valence-corrected chi connectivity index (χ4v) is 3.71. The molecule has 2 aromatic rings. The molecular weight excluding hydrogens is 441 g/mol. The number of aromatic nitrogens is 5. The molecule has 0 aromatic carbocycles. The zero-order valence-electron chi connectivity index (χ0n) is 17.9. The number of rotatable bonds is 4. The highest BCUT2D eigenvalue weighted by Gasteiger charge is 2.38. The Kier molecular flexibility index (Phi) is 6.72. The van der Waals surface area contributed by atoms with Crippen LogP contribution in [0, 0.1) is 0 Å². The summed E-state index contributed by atoms with van der Waals surface area (Å²) >= 11 is 0. The van der Waals surface area contributed by atoms with Gasteiger partial charge in [0.2, 0.25) is 11.9 Å². The molecule has 14 heteroatoms. The second kappa shape index (κ2) is 9.68. The Morgan fingerprint density at radius 3 is 2.06 bits per heavy atom. The highest BCUT2D eigenvalue weighted by molar-refractivity contribution is 5.78. The van der Waals surface area contributed by atoms with Crippen LogP contribution in [0.15, 0.2) is 11.2 Å². The molecule has 0 saturated carbocycles. The Hall–Kier alpha value is -3.29. The lowest BCUT2D eigenvalue weighted by Crippen LogP contribution is -2.38. The Morgan fingerprint density at radius 2 is 1.48 bits per heavy atom. The summed E-state index contributed by atoms with van der Waals surface area (Å²) in [5.74, 6) is -0.474. The van der Waals surface area contributed by atoms with Gasteiger partial charge in [-0.25, -0.2) is 9.97 Å². The molecule has 178 valence electrons. The van der Waals surface area contributed by atoms with E-state index < -0.39 is 23.8 Å². The van der Waals surface area contributed by atoms with E-state index in [0.29, 0.717) is 38.2 Å². The van der Waals surface area contributed by atoms with Crippen LogP contribution in [-0.4, -0.2) is 70.3 Å². The molecule has 2 aliphatic rings. The minimum atomic E-state index is -4.81. The Balaban J connectivity index is 1.83. The number of anilines is 2. The van der Waals surface area contributed by atoms with Gasteiger partial charge in [-0.15, -0.1) is 0 Å². The van der Waals surface area contributed by atoms with Gasteiger partial charge in [0.25, 0.3) is 5.95 Å². The van der Waals surface area contributed by atoms with E-state index in [1.165, 1.54) is 0 Å². The molecule has 4 rings (SSSR count). The van der Waals surface area contributed by atoms with Crippen LogP contribution in [0.5, 0.6) is 0 Å². The summed E-state index contributed by atoms with van der Waals surface area (Å²) in [5.41, 5.74) is 8.93. The van der Waals surface area contributed by atoms with Crippen molar-refractivity contribution in [3.05, 3.63) is 11.9 Å². The minimum Gasteiger partial charge on any atom is -0.378 e. The third kappa shape index (κ3) is 5.56. The number of alkyl halides is 3. The smallest absolute Gasteiger partial charge is 0.378 e. The van der Waals surface area contributed by atoms with E-state index in [2.05, 4.69) is 29.9 Å². The first kappa shape index (κ1) is 22.9. The van der Waals surface area contributed by atoms with Gasteiger partial charge in [-0.3, -0.25) is 0 Å². The molecule has 2 fully saturated rings. The molecule has 2 aromatic heterocycles. The quantitative estimate of drug-likeness (QED) is 0.502. The van der Waals surface area contributed by atoms with Crippen molar-refractivity contribution in [1.29, 1.82) is 0 Å². The lowest BCUT2D eigenvalue weighted by atomic mass is 10.2. The first-order valence-electron chi connectivity index (χ1n) is 10.7. The van der Waals surface area contributed by atoms with Gasteiger partial charge in [0.05, 0.1) is 18.8 Å². The average molecular weight is 466 g/mol. The predicted molar refractivity (Wildman–Crippen MR) is 115 cm³/mol. The molecule has 2 aliphatic heterocycles. The number of hydrogen-bond acceptors (Lipinski definition) is 9. The summed E-state index contributed by atoms with van der Waals surface area (Å²) in [6, 6.07) is 0. The van der Waals surface area contributed by atoms with Gasteiger partial charge in [-0.1, -0.05) is 12.8 Å². The maximum atomic E-state index is 13.9. The van der Waals surface area contributed by atoms with E-state index in [1.807, 2.05) is 9.80 Å². The van der Waals surface area contributed by atoms with Crippen LogP contribution < -0.4 is 21.3 Å². The third-order valence-corrected chi connectivity index (χ3v) is 5.31. The van der Waals surface area contributed by atoms with Crippen molar-refractivity contribution in [2.24, 2.45) is 16.5 Å². The molecule has 0 bridgehead atoms. The maximum absolute atomic E-state index is 13.9. The lowest BCUT2D eigenvalue weighted by molar-refractivity contribution is -0.140. The number of guanidine groups is 1. The number of aliphatic imine (C=N–C) groups is 1. The summed E-state index contributed by atoms with van der Waals surface area (Å²) in [6.07, 6.45) is 0.269. The Morgan fingerprint density at radius 1 is 0.879 bits per heavy atom. The van der Waals surface area contributed by atoms with Crippen LogP contribution in [0.25, 0.3) is 11.4 Å². The summed E-state index contributed by atoms with van der Waals surface area (Å²) < 4.78 is 47.1. The molecule has 0 unspecified atom stereocenters. The van der Waals surface area contributed by atoms with Crippen molar-refractivity contribution >= 4 is 23.8 Å². The largest absolute Gasteiger partial charge is 0.434 e. The number of hydrogen-bond donors (Lipinski definition) is 2. The van der Waals surface area contributed by atoms with E-state index in [9.17, 15) is 13.2 Å². The van der Waals surface area contributed by atoms with E-state index in [4.69, 9.17) is 16.2 Å². The van der Waals surface area contributed by atoms with Crippen LogP contribution in [0.2, 0.25) is 0 Å². The van der Waals surface area contributed by atoms with Gasteiger partial charge in [0.1, 0.15) is 0 Å². The molecule has 33 heavy (non-hydrogen) atoms. The Labute approximate surface area is 188 Å². The maximum Gasteiger partial charge on any atom is 0.434 e. The summed E-state index contributed by atoms with van der Waals surface area (Å²) in [6.45, 7) is 3.44. The van der Waals surface area contributed by atoms with Crippen molar-refractivity contribution in [2.45, 2.75) is 31.9 Å². The number of nitrogens with two attached hydrogens (primary N) is 2. The SMILES string of the molecule is NC(N)=Nc1ncc(-c2nc(N3CCCCCC3)nc(N3CCOCC3)n2)c(C(F)(F)F)n1. The second-order valence-electron chi connectivity index (χ2n) is 7.73. The molecule has 2 saturated heterocycles. The summed E-state index contributed by atoms with van der Waals surface area (Å²) in [7, 11) is 0. The standard InChI is InChI=1S/C19H25F3N10O/c20-19(21,22)13-12(11-25-16(26-13)29-15(23)24)14-27-17(31-5-3-1-2-4-6-31)30-18(28-14)32-7-9-33-10-8-32/h11H,1-10H2,(H4,23,24,25,26,29). The van der Waals surface area contributed by atoms with Crippen LogP contribution in [0.4, 0.5) is 31.0 Å². The van der Waals surface area contributed by atoms with Gasteiger partial charge >= 0.3 is 6.18 Å². The van der Waals surface area contributed by atoms with Gasteiger partial charge < -0.3 is 26.0 Å². The summed E-state index contributed by atoms with van der Waals surface area (Å²) in [4.78, 5) is 28.2. The van der Waals surface area contributed by atoms with Crippen molar-refractivity contribution in [1.82, 2.24) is 24.9 Å². The van der Waals surface area contributed by atoms with E-state index in [1.54, 1.807) is 0 Å². The van der Waals surface area contributed by atoms with Crippen molar-refractivity contribution < 1.29 is 17.9 Å². The molecule has 11 nitrogen and oxygen atoms in total. The normalized spacial score (nSPS) is 17.5. The summed E-state index contributed by atoms with van der Waals surface area (Å²) in [5, 5.41) is 0. The van der Waals surface area contributed by atoms with Crippen LogP contribution >= 0.6 is 0 Å². The molecule has 0 atom stereocenters. The van der Waals surface area contributed by atoms with Gasteiger partial charge in [0.15, 0.2) is 17.5 Å². The van der Waals surface area contributed by atoms with E-state index >= 15 is 0 Å². The number of ether oxygens (including phenoxy) is 1.